The largest absolute Gasteiger partial charge is 0.465 e. The molecular formula is C14H21ClN2O4S. The van der Waals surface area contributed by atoms with Crippen molar-refractivity contribution in [2.24, 2.45) is 0 Å². The van der Waals surface area contributed by atoms with E-state index in [9.17, 15) is 13.2 Å². The summed E-state index contributed by atoms with van der Waals surface area (Å²) in [6, 6.07) is 4.23. The maximum atomic E-state index is 12.2. The number of sulfonamides is 1. The van der Waals surface area contributed by atoms with Crippen molar-refractivity contribution in [1.82, 2.24) is 9.62 Å². The minimum atomic E-state index is -3.67. The molecule has 0 saturated carbocycles. The number of likely N-dealkylation sites (N-methyl/N-ethyl adjacent to an activating group) is 1. The molecule has 0 aromatic heterocycles. The molecule has 0 aliphatic heterocycles. The zero-order chi connectivity index (χ0) is 16.9. The number of ether oxygens (including phenoxy) is 1. The number of esters is 1. The number of nitrogens with zero attached hydrogens (tertiary/aromatic N) is 1. The summed E-state index contributed by atoms with van der Waals surface area (Å²) in [6.07, 6.45) is 0. The number of nitrogens with one attached hydrogen (secondary N) is 1. The van der Waals surface area contributed by atoms with Crippen LogP contribution >= 0.6 is 11.6 Å². The molecule has 0 heterocycles. The van der Waals surface area contributed by atoms with Gasteiger partial charge in [0.15, 0.2) is 0 Å². The van der Waals surface area contributed by atoms with E-state index in [2.05, 4.69) is 9.46 Å². The molecule has 22 heavy (non-hydrogen) atoms. The fourth-order valence-electron chi connectivity index (χ4n) is 1.64. The summed E-state index contributed by atoms with van der Waals surface area (Å²) in [7, 11) is -0.517. The molecule has 0 atom stereocenters. The van der Waals surface area contributed by atoms with Gasteiger partial charge in [-0.05, 0) is 39.1 Å². The minimum absolute atomic E-state index is 0.0114. The van der Waals surface area contributed by atoms with Crippen LogP contribution in [-0.4, -0.2) is 52.6 Å². The van der Waals surface area contributed by atoms with Crippen LogP contribution in [0.1, 0.15) is 24.2 Å². The number of carbonyl (C=O) groups is 1. The van der Waals surface area contributed by atoms with Gasteiger partial charge < -0.3 is 9.64 Å². The zero-order valence-corrected chi connectivity index (χ0v) is 14.7. The first-order chi connectivity index (χ1) is 10.2. The molecule has 0 bridgehead atoms. The Morgan fingerprint density at radius 2 is 2.05 bits per heavy atom. The number of carbonyl (C=O) groups excluding carboxylic acids is 1. The van der Waals surface area contributed by atoms with Crippen molar-refractivity contribution in [2.75, 3.05) is 27.2 Å². The molecule has 1 rings (SSSR count). The van der Waals surface area contributed by atoms with E-state index < -0.39 is 16.0 Å². The van der Waals surface area contributed by atoms with E-state index in [-0.39, 0.29) is 22.0 Å². The van der Waals surface area contributed by atoms with Gasteiger partial charge in [0.2, 0.25) is 10.0 Å². The lowest BCUT2D eigenvalue weighted by Gasteiger charge is -2.20. The smallest absolute Gasteiger partial charge is 0.339 e. The monoisotopic (exact) mass is 348 g/mol. The summed E-state index contributed by atoms with van der Waals surface area (Å²) in [4.78, 5) is 13.5. The molecule has 6 nitrogen and oxygen atoms in total. The van der Waals surface area contributed by atoms with E-state index in [0.29, 0.717) is 12.6 Å². The minimum Gasteiger partial charge on any atom is -0.465 e. The van der Waals surface area contributed by atoms with Gasteiger partial charge in [-0.2, -0.15) is 0 Å². The third-order valence-electron chi connectivity index (χ3n) is 3.29. The van der Waals surface area contributed by atoms with Gasteiger partial charge in [0, 0.05) is 19.1 Å². The number of hydrogen-bond acceptors (Lipinski definition) is 5. The second-order valence-electron chi connectivity index (χ2n) is 5.11. The topological polar surface area (TPSA) is 75.7 Å². The number of benzene rings is 1. The Balaban J connectivity index is 2.82. The summed E-state index contributed by atoms with van der Waals surface area (Å²) in [5.41, 5.74) is 0.127. The average molecular weight is 349 g/mol. The lowest BCUT2D eigenvalue weighted by Crippen LogP contribution is -2.36. The predicted molar refractivity (Wildman–Crippen MR) is 85.7 cm³/mol. The van der Waals surface area contributed by atoms with E-state index in [1.165, 1.54) is 25.3 Å². The van der Waals surface area contributed by atoms with Gasteiger partial charge in [-0.15, -0.1) is 0 Å². The van der Waals surface area contributed by atoms with Gasteiger partial charge in [-0.3, -0.25) is 0 Å². The summed E-state index contributed by atoms with van der Waals surface area (Å²) in [5.74, 6) is -0.611. The Bertz CT molecular complexity index is 632. The lowest BCUT2D eigenvalue weighted by atomic mass is 10.2. The van der Waals surface area contributed by atoms with Crippen molar-refractivity contribution >= 4 is 27.6 Å². The van der Waals surface area contributed by atoms with Crippen LogP contribution in [0.15, 0.2) is 23.1 Å². The van der Waals surface area contributed by atoms with E-state index in [0.717, 1.165) is 0 Å². The predicted octanol–water partition coefficient (Wildman–Crippen LogP) is 1.75. The van der Waals surface area contributed by atoms with Crippen molar-refractivity contribution in [3.8, 4) is 0 Å². The third kappa shape index (κ3) is 4.95. The highest BCUT2D eigenvalue weighted by Crippen LogP contribution is 2.21. The van der Waals surface area contributed by atoms with Crippen LogP contribution in [-0.2, 0) is 14.8 Å². The average Bonchev–Trinajstić information content (AvgIpc) is 2.45. The quantitative estimate of drug-likeness (QED) is 0.760. The fourth-order valence-corrected chi connectivity index (χ4v) is 3.01. The summed E-state index contributed by atoms with van der Waals surface area (Å²) >= 11 is 5.93. The molecular weight excluding hydrogens is 328 g/mol. The van der Waals surface area contributed by atoms with E-state index >= 15 is 0 Å². The number of rotatable bonds is 7. The van der Waals surface area contributed by atoms with Crippen LogP contribution in [0.4, 0.5) is 0 Å². The molecule has 0 unspecified atom stereocenters. The molecule has 124 valence electrons. The maximum Gasteiger partial charge on any atom is 0.339 e. The van der Waals surface area contributed by atoms with Gasteiger partial charge in [-0.1, -0.05) is 11.6 Å². The van der Waals surface area contributed by atoms with Crippen molar-refractivity contribution in [3.05, 3.63) is 28.8 Å². The molecule has 1 aromatic carbocycles. The molecule has 0 radical (unpaired) electrons. The molecule has 0 aliphatic rings. The number of methoxy groups -OCH3 is 1. The van der Waals surface area contributed by atoms with Crippen LogP contribution in [0.25, 0.3) is 0 Å². The van der Waals surface area contributed by atoms with Gasteiger partial charge in [-0.25, -0.2) is 17.9 Å². The van der Waals surface area contributed by atoms with E-state index in [4.69, 9.17) is 11.6 Å². The molecule has 8 heteroatoms. The highest BCUT2D eigenvalue weighted by molar-refractivity contribution is 7.89. The first kappa shape index (κ1) is 18.9. The van der Waals surface area contributed by atoms with Crippen molar-refractivity contribution in [1.29, 1.82) is 0 Å². The highest BCUT2D eigenvalue weighted by Gasteiger charge is 2.18. The second kappa shape index (κ2) is 7.92. The SMILES string of the molecule is COC(=O)c1ccc(S(=O)(=O)NCCN(C)C(C)C)cc1Cl. The van der Waals surface area contributed by atoms with Crippen molar-refractivity contribution in [2.45, 2.75) is 24.8 Å². The van der Waals surface area contributed by atoms with Gasteiger partial charge in [0.25, 0.3) is 0 Å². The highest BCUT2D eigenvalue weighted by atomic mass is 35.5. The molecule has 0 amide bonds. The Morgan fingerprint density at radius 3 is 2.55 bits per heavy atom. The molecule has 1 aromatic rings. The zero-order valence-electron chi connectivity index (χ0n) is 13.1. The number of halogens is 1. The third-order valence-corrected chi connectivity index (χ3v) is 5.07. The van der Waals surface area contributed by atoms with Crippen LogP contribution < -0.4 is 4.72 Å². The Labute approximate surface area is 136 Å². The summed E-state index contributed by atoms with van der Waals surface area (Å²) in [6.45, 7) is 4.93. The Morgan fingerprint density at radius 1 is 1.41 bits per heavy atom. The van der Waals surface area contributed by atoms with Crippen LogP contribution in [0, 0.1) is 0 Å². The molecule has 1 N–H and O–H groups in total. The molecule has 0 aliphatic carbocycles. The van der Waals surface area contributed by atoms with Crippen molar-refractivity contribution < 1.29 is 17.9 Å². The lowest BCUT2D eigenvalue weighted by molar-refractivity contribution is 0.0601. The Hall–Kier alpha value is -1.15. The van der Waals surface area contributed by atoms with Crippen LogP contribution in [0.5, 0.6) is 0 Å². The van der Waals surface area contributed by atoms with Crippen molar-refractivity contribution in [3.63, 3.8) is 0 Å². The second-order valence-corrected chi connectivity index (χ2v) is 7.28. The van der Waals surface area contributed by atoms with Gasteiger partial charge in [0.05, 0.1) is 22.6 Å². The first-order valence-corrected chi connectivity index (χ1v) is 8.63. The van der Waals surface area contributed by atoms with Gasteiger partial charge >= 0.3 is 5.97 Å². The maximum absolute atomic E-state index is 12.2. The standard InChI is InChI=1S/C14H21ClN2O4S/c1-10(2)17(3)8-7-16-22(19,20)11-5-6-12(13(15)9-11)14(18)21-4/h5-6,9-10,16H,7-8H2,1-4H3. The molecule has 0 saturated heterocycles. The van der Waals surface area contributed by atoms with E-state index in [1.807, 2.05) is 25.8 Å². The summed E-state index contributed by atoms with van der Waals surface area (Å²) < 4.78 is 31.4. The van der Waals surface area contributed by atoms with Gasteiger partial charge in [0.1, 0.15) is 0 Å². The first-order valence-electron chi connectivity index (χ1n) is 6.76. The molecule has 0 spiro atoms. The summed E-state index contributed by atoms with van der Waals surface area (Å²) in [5, 5.41) is 0.0361. The Kier molecular flexibility index (Phi) is 6.80. The molecule has 0 fully saturated rings. The fraction of sp³-hybridized carbons (Fsp3) is 0.500. The normalized spacial score (nSPS) is 12.0. The van der Waals surface area contributed by atoms with Crippen LogP contribution in [0.3, 0.4) is 0 Å². The van der Waals surface area contributed by atoms with E-state index in [1.54, 1.807) is 0 Å². The number of hydrogen-bond donors (Lipinski definition) is 1. The van der Waals surface area contributed by atoms with Crippen LogP contribution in [0.2, 0.25) is 5.02 Å².